The molecule has 2 aromatic rings. The van der Waals surface area contributed by atoms with Crippen molar-refractivity contribution in [3.8, 4) is 0 Å². The van der Waals surface area contributed by atoms with E-state index in [1.165, 1.54) is 12.1 Å². The van der Waals surface area contributed by atoms with Gasteiger partial charge in [-0.1, -0.05) is 53.5 Å². The summed E-state index contributed by atoms with van der Waals surface area (Å²) in [6, 6.07) is 13.8. The first-order chi connectivity index (χ1) is 13.0. The van der Waals surface area contributed by atoms with Crippen LogP contribution in [0.15, 0.2) is 53.4 Å². The number of rotatable bonds is 5. The third kappa shape index (κ3) is 4.71. The number of carbonyl (C=O) groups excluding carboxylic acids is 3. The van der Waals surface area contributed by atoms with Gasteiger partial charge in [0.15, 0.2) is 0 Å². The first-order valence-electron chi connectivity index (χ1n) is 7.99. The first-order valence-corrected chi connectivity index (χ1v) is 9.56. The summed E-state index contributed by atoms with van der Waals surface area (Å²) in [6.07, 6.45) is 1.68. The number of halogens is 2. The highest BCUT2D eigenvalue weighted by Crippen LogP contribution is 2.31. The van der Waals surface area contributed by atoms with Crippen molar-refractivity contribution < 1.29 is 14.4 Å². The molecule has 1 fully saturated rings. The highest BCUT2D eigenvalue weighted by atomic mass is 35.5. The van der Waals surface area contributed by atoms with Crippen molar-refractivity contribution in [1.82, 2.24) is 10.2 Å². The van der Waals surface area contributed by atoms with E-state index < -0.39 is 0 Å². The molecule has 0 bridgehead atoms. The summed E-state index contributed by atoms with van der Waals surface area (Å²) in [4.78, 5) is 38.1. The predicted octanol–water partition coefficient (Wildman–Crippen LogP) is 4.46. The molecule has 27 heavy (non-hydrogen) atoms. The number of nitrogens with zero attached hydrogens (tertiary/aromatic N) is 1. The van der Waals surface area contributed by atoms with Crippen LogP contribution in [0.1, 0.15) is 15.9 Å². The zero-order valence-corrected chi connectivity index (χ0v) is 16.3. The Morgan fingerprint density at radius 2 is 1.81 bits per heavy atom. The Kier molecular flexibility index (Phi) is 6.21. The molecule has 0 saturated carbocycles. The number of benzene rings is 2. The first kappa shape index (κ1) is 19.5. The molecule has 0 aromatic heterocycles. The van der Waals surface area contributed by atoms with Crippen molar-refractivity contribution in [3.63, 3.8) is 0 Å². The smallest absolute Gasteiger partial charge is 0.293 e. The van der Waals surface area contributed by atoms with Crippen LogP contribution in [0.3, 0.4) is 0 Å². The van der Waals surface area contributed by atoms with Gasteiger partial charge in [-0.25, -0.2) is 0 Å². The van der Waals surface area contributed by atoms with E-state index in [2.05, 4.69) is 5.32 Å². The van der Waals surface area contributed by atoms with E-state index >= 15 is 0 Å². The fourth-order valence-corrected chi connectivity index (χ4v) is 3.58. The van der Waals surface area contributed by atoms with Crippen LogP contribution < -0.4 is 5.32 Å². The Labute approximate surface area is 170 Å². The predicted molar refractivity (Wildman–Crippen MR) is 108 cm³/mol. The highest BCUT2D eigenvalue weighted by Gasteiger charge is 2.34. The summed E-state index contributed by atoms with van der Waals surface area (Å²) in [6.45, 7) is 0.222. The second-order valence-electron chi connectivity index (χ2n) is 5.63. The number of hydrogen-bond acceptors (Lipinski definition) is 4. The molecule has 1 heterocycles. The molecule has 1 N–H and O–H groups in total. The van der Waals surface area contributed by atoms with Gasteiger partial charge >= 0.3 is 0 Å². The van der Waals surface area contributed by atoms with Crippen LogP contribution in [0.5, 0.6) is 0 Å². The minimum Gasteiger partial charge on any atom is -0.350 e. The van der Waals surface area contributed by atoms with E-state index in [1.807, 2.05) is 30.3 Å². The Morgan fingerprint density at radius 1 is 1.07 bits per heavy atom. The molecule has 0 aliphatic carbocycles. The number of thioether (sulfide) groups is 1. The average molecular weight is 421 g/mol. The second-order valence-corrected chi connectivity index (χ2v) is 7.44. The van der Waals surface area contributed by atoms with Gasteiger partial charge in [0.2, 0.25) is 0 Å². The Balaban J connectivity index is 1.58. The number of amides is 3. The maximum Gasteiger partial charge on any atom is 0.293 e. The van der Waals surface area contributed by atoms with Crippen LogP contribution in [-0.2, 0) is 4.79 Å². The largest absolute Gasteiger partial charge is 0.350 e. The highest BCUT2D eigenvalue weighted by molar-refractivity contribution is 8.18. The minimum atomic E-state index is -0.363. The number of carbonyl (C=O) groups is 3. The summed E-state index contributed by atoms with van der Waals surface area (Å²) < 4.78 is 0. The van der Waals surface area contributed by atoms with Gasteiger partial charge in [-0.05, 0) is 41.6 Å². The molecule has 1 saturated heterocycles. The lowest BCUT2D eigenvalue weighted by molar-refractivity contribution is -0.122. The van der Waals surface area contributed by atoms with Gasteiger partial charge in [0.25, 0.3) is 17.1 Å². The van der Waals surface area contributed by atoms with E-state index in [4.69, 9.17) is 23.2 Å². The zero-order valence-electron chi connectivity index (χ0n) is 13.9. The third-order valence-corrected chi connectivity index (χ3v) is 5.42. The molecule has 1 aliphatic rings. The molecule has 0 radical (unpaired) electrons. The van der Waals surface area contributed by atoms with Gasteiger partial charge in [0.1, 0.15) is 0 Å². The Bertz CT molecular complexity index is 932. The van der Waals surface area contributed by atoms with Crippen LogP contribution in [0.2, 0.25) is 10.0 Å². The topological polar surface area (TPSA) is 66.5 Å². The molecule has 138 valence electrons. The van der Waals surface area contributed by atoms with Crippen LogP contribution in [0.4, 0.5) is 4.79 Å². The fraction of sp³-hybridized carbons (Fsp3) is 0.105. The Hall–Kier alpha value is -2.28. The standard InChI is InChI=1S/C19H14Cl2N2O3S/c20-14-7-6-13(11-15(14)21)17(24)22-8-9-23-18(25)16(27-19(23)26)10-12-4-2-1-3-5-12/h1-7,10-11H,8-9H2,(H,22,24). The summed E-state index contributed by atoms with van der Waals surface area (Å²) in [5, 5.41) is 2.94. The van der Waals surface area contributed by atoms with Crippen molar-refractivity contribution in [2.45, 2.75) is 0 Å². The quantitative estimate of drug-likeness (QED) is 0.724. The van der Waals surface area contributed by atoms with Gasteiger partial charge in [0, 0.05) is 18.7 Å². The summed E-state index contributed by atoms with van der Waals surface area (Å²) in [7, 11) is 0. The third-order valence-electron chi connectivity index (χ3n) is 3.77. The normalized spacial score (nSPS) is 15.5. The summed E-state index contributed by atoms with van der Waals surface area (Å²) >= 11 is 12.6. The van der Waals surface area contributed by atoms with Crippen LogP contribution >= 0.6 is 35.0 Å². The Morgan fingerprint density at radius 3 is 2.52 bits per heavy atom. The summed E-state index contributed by atoms with van der Waals surface area (Å²) in [5.41, 5.74) is 1.19. The van der Waals surface area contributed by atoms with Gasteiger partial charge in [-0.15, -0.1) is 0 Å². The molecule has 0 unspecified atom stereocenters. The van der Waals surface area contributed by atoms with E-state index in [0.717, 1.165) is 22.2 Å². The molecule has 2 aromatic carbocycles. The van der Waals surface area contributed by atoms with Crippen LogP contribution in [0.25, 0.3) is 6.08 Å². The average Bonchev–Trinajstić information content (AvgIpc) is 2.92. The van der Waals surface area contributed by atoms with Crippen molar-refractivity contribution >= 4 is 58.1 Å². The fourth-order valence-electron chi connectivity index (χ4n) is 2.41. The molecule has 8 heteroatoms. The van der Waals surface area contributed by atoms with Crippen LogP contribution in [-0.4, -0.2) is 35.0 Å². The SMILES string of the molecule is O=C(NCCN1C(=O)SC(=Cc2ccccc2)C1=O)c1ccc(Cl)c(Cl)c1. The molecule has 5 nitrogen and oxygen atoms in total. The zero-order chi connectivity index (χ0) is 19.4. The lowest BCUT2D eigenvalue weighted by atomic mass is 10.2. The van der Waals surface area contributed by atoms with Crippen molar-refractivity contribution in [2.24, 2.45) is 0 Å². The van der Waals surface area contributed by atoms with E-state index in [0.29, 0.717) is 15.5 Å². The molecule has 0 atom stereocenters. The molecule has 3 amide bonds. The van der Waals surface area contributed by atoms with Crippen molar-refractivity contribution in [1.29, 1.82) is 0 Å². The van der Waals surface area contributed by atoms with Crippen molar-refractivity contribution in [2.75, 3.05) is 13.1 Å². The van der Waals surface area contributed by atoms with Crippen molar-refractivity contribution in [3.05, 3.63) is 74.6 Å². The van der Waals surface area contributed by atoms with Gasteiger partial charge < -0.3 is 5.32 Å². The van der Waals surface area contributed by atoms with Crippen LogP contribution in [0, 0.1) is 0 Å². The minimum absolute atomic E-state index is 0.0872. The monoisotopic (exact) mass is 420 g/mol. The second kappa shape index (κ2) is 8.61. The molecular formula is C19H14Cl2N2O3S. The maximum absolute atomic E-state index is 12.4. The number of hydrogen-bond donors (Lipinski definition) is 1. The molecule has 3 rings (SSSR count). The molecule has 0 spiro atoms. The lowest BCUT2D eigenvalue weighted by Crippen LogP contribution is -2.37. The van der Waals surface area contributed by atoms with E-state index in [9.17, 15) is 14.4 Å². The van der Waals surface area contributed by atoms with Gasteiger partial charge in [-0.3, -0.25) is 19.3 Å². The molecule has 1 aliphatic heterocycles. The van der Waals surface area contributed by atoms with Gasteiger partial charge in [-0.2, -0.15) is 0 Å². The number of nitrogens with one attached hydrogen (secondary N) is 1. The maximum atomic E-state index is 12.4. The number of imide groups is 1. The van der Waals surface area contributed by atoms with E-state index in [-0.39, 0.29) is 35.2 Å². The summed E-state index contributed by atoms with van der Waals surface area (Å²) in [5.74, 6) is -0.724. The molecular weight excluding hydrogens is 407 g/mol. The van der Waals surface area contributed by atoms with Gasteiger partial charge in [0.05, 0.1) is 15.0 Å². The van der Waals surface area contributed by atoms with E-state index in [1.54, 1.807) is 12.1 Å². The lowest BCUT2D eigenvalue weighted by Gasteiger charge is -2.13.